The number of hydrogen-bond donors (Lipinski definition) is 1. The Morgan fingerprint density at radius 3 is 2.87 bits per heavy atom. The van der Waals surface area contributed by atoms with Crippen molar-refractivity contribution in [3.05, 3.63) is 0 Å². The molecule has 0 bridgehead atoms. The molecule has 1 aliphatic rings. The van der Waals surface area contributed by atoms with E-state index in [1.54, 1.807) is 7.11 Å². The monoisotopic (exact) mass is 214 g/mol. The fourth-order valence-electron chi connectivity index (χ4n) is 2.12. The minimum atomic E-state index is 0.526. The Labute approximate surface area is 94.2 Å². The molecule has 1 rings (SSSR count). The fraction of sp³-hybridized carbons (Fsp3) is 1.00. The molecular formula is C12H26N2O. The summed E-state index contributed by atoms with van der Waals surface area (Å²) in [5, 5.41) is 3.59. The van der Waals surface area contributed by atoms with Gasteiger partial charge in [0.25, 0.3) is 0 Å². The first-order valence-corrected chi connectivity index (χ1v) is 6.16. The number of hydrogen-bond acceptors (Lipinski definition) is 3. The molecule has 0 aromatic heterocycles. The van der Waals surface area contributed by atoms with Crippen LogP contribution in [0, 0.1) is 0 Å². The highest BCUT2D eigenvalue weighted by atomic mass is 16.5. The van der Waals surface area contributed by atoms with E-state index in [0.717, 1.165) is 12.6 Å². The number of nitrogens with zero attached hydrogens (tertiary/aromatic N) is 1. The predicted molar refractivity (Wildman–Crippen MR) is 64.2 cm³/mol. The molecule has 0 aromatic carbocycles. The Hall–Kier alpha value is -0.120. The van der Waals surface area contributed by atoms with E-state index in [1.807, 2.05) is 0 Å². The van der Waals surface area contributed by atoms with Crippen LogP contribution in [0.3, 0.4) is 0 Å². The van der Waals surface area contributed by atoms with Gasteiger partial charge in [0.15, 0.2) is 0 Å². The Bertz CT molecular complexity index is 158. The second-order valence-corrected chi connectivity index (χ2v) is 4.72. The average molecular weight is 214 g/mol. The van der Waals surface area contributed by atoms with Crippen molar-refractivity contribution in [2.75, 3.05) is 33.9 Å². The van der Waals surface area contributed by atoms with E-state index in [4.69, 9.17) is 4.74 Å². The van der Waals surface area contributed by atoms with Gasteiger partial charge < -0.3 is 15.0 Å². The first-order valence-electron chi connectivity index (χ1n) is 6.16. The molecule has 0 amide bonds. The van der Waals surface area contributed by atoms with E-state index >= 15 is 0 Å². The minimum Gasteiger partial charge on any atom is -0.383 e. The van der Waals surface area contributed by atoms with Crippen LogP contribution in [-0.4, -0.2) is 50.8 Å². The number of piperidine rings is 1. The molecule has 0 saturated carbocycles. The Morgan fingerprint density at radius 1 is 1.47 bits per heavy atom. The van der Waals surface area contributed by atoms with E-state index in [0.29, 0.717) is 6.04 Å². The zero-order valence-corrected chi connectivity index (χ0v) is 10.5. The van der Waals surface area contributed by atoms with E-state index in [9.17, 15) is 0 Å². The number of methoxy groups -OCH3 is 1. The van der Waals surface area contributed by atoms with Crippen LogP contribution in [0.4, 0.5) is 0 Å². The first kappa shape index (κ1) is 12.9. The van der Waals surface area contributed by atoms with Crippen LogP contribution in [0.15, 0.2) is 0 Å². The van der Waals surface area contributed by atoms with Crippen molar-refractivity contribution in [2.45, 2.75) is 44.7 Å². The van der Waals surface area contributed by atoms with Gasteiger partial charge in [-0.3, -0.25) is 0 Å². The Kier molecular flexibility index (Phi) is 6.22. The molecule has 1 fully saturated rings. The molecule has 1 aliphatic heterocycles. The van der Waals surface area contributed by atoms with Gasteiger partial charge in [-0.1, -0.05) is 6.42 Å². The molecule has 0 spiro atoms. The fourth-order valence-corrected chi connectivity index (χ4v) is 2.12. The lowest BCUT2D eigenvalue weighted by Gasteiger charge is -2.28. The van der Waals surface area contributed by atoms with Crippen molar-refractivity contribution in [1.82, 2.24) is 10.2 Å². The summed E-state index contributed by atoms with van der Waals surface area (Å²) in [6.45, 7) is 5.43. The SMILES string of the molecule is COCC(C)N(C)CCC1CCCCN1. The maximum Gasteiger partial charge on any atom is 0.0615 e. The van der Waals surface area contributed by atoms with E-state index in [-0.39, 0.29) is 0 Å². The summed E-state index contributed by atoms with van der Waals surface area (Å²) in [5.41, 5.74) is 0. The van der Waals surface area contributed by atoms with Gasteiger partial charge in [-0.2, -0.15) is 0 Å². The molecular weight excluding hydrogens is 188 g/mol. The van der Waals surface area contributed by atoms with Crippen LogP contribution in [0.25, 0.3) is 0 Å². The molecule has 0 aliphatic carbocycles. The standard InChI is InChI=1S/C12H26N2O/c1-11(10-15-3)14(2)9-7-12-6-4-5-8-13-12/h11-13H,4-10H2,1-3H3. The van der Waals surface area contributed by atoms with Crippen LogP contribution >= 0.6 is 0 Å². The smallest absolute Gasteiger partial charge is 0.0615 e. The van der Waals surface area contributed by atoms with Crippen molar-refractivity contribution < 1.29 is 4.74 Å². The summed E-state index contributed by atoms with van der Waals surface area (Å²) < 4.78 is 5.16. The minimum absolute atomic E-state index is 0.526. The van der Waals surface area contributed by atoms with Crippen molar-refractivity contribution in [2.24, 2.45) is 0 Å². The van der Waals surface area contributed by atoms with Crippen molar-refractivity contribution in [1.29, 1.82) is 0 Å². The maximum absolute atomic E-state index is 5.16. The highest BCUT2D eigenvalue weighted by Crippen LogP contribution is 2.11. The summed E-state index contributed by atoms with van der Waals surface area (Å²) >= 11 is 0. The van der Waals surface area contributed by atoms with Gasteiger partial charge in [0.2, 0.25) is 0 Å². The second-order valence-electron chi connectivity index (χ2n) is 4.72. The molecule has 0 aromatic rings. The van der Waals surface area contributed by atoms with Crippen molar-refractivity contribution in [3.63, 3.8) is 0 Å². The predicted octanol–water partition coefficient (Wildman–Crippen LogP) is 1.49. The van der Waals surface area contributed by atoms with Gasteiger partial charge >= 0.3 is 0 Å². The number of nitrogens with one attached hydrogen (secondary N) is 1. The molecule has 0 radical (unpaired) electrons. The van der Waals surface area contributed by atoms with Crippen LogP contribution in [0.1, 0.15) is 32.6 Å². The van der Waals surface area contributed by atoms with E-state index in [1.165, 1.54) is 38.8 Å². The third-order valence-electron chi connectivity index (χ3n) is 3.40. The van der Waals surface area contributed by atoms with E-state index < -0.39 is 0 Å². The highest BCUT2D eigenvalue weighted by molar-refractivity contribution is 4.74. The van der Waals surface area contributed by atoms with Gasteiger partial charge in [0.05, 0.1) is 6.61 Å². The molecule has 3 heteroatoms. The quantitative estimate of drug-likeness (QED) is 0.725. The van der Waals surface area contributed by atoms with Gasteiger partial charge in [-0.25, -0.2) is 0 Å². The van der Waals surface area contributed by atoms with Gasteiger partial charge in [0.1, 0.15) is 0 Å². The number of ether oxygens (including phenoxy) is 1. The molecule has 2 unspecified atom stereocenters. The molecule has 1 saturated heterocycles. The molecule has 1 N–H and O–H groups in total. The lowest BCUT2D eigenvalue weighted by Crippen LogP contribution is -2.39. The van der Waals surface area contributed by atoms with Crippen LogP contribution < -0.4 is 5.32 Å². The van der Waals surface area contributed by atoms with Crippen LogP contribution in [0.5, 0.6) is 0 Å². The first-order chi connectivity index (χ1) is 7.24. The van der Waals surface area contributed by atoms with E-state index in [2.05, 4.69) is 24.2 Å². The number of rotatable bonds is 6. The summed E-state index contributed by atoms with van der Waals surface area (Å²) in [5.74, 6) is 0. The van der Waals surface area contributed by atoms with Crippen LogP contribution in [0.2, 0.25) is 0 Å². The van der Waals surface area contributed by atoms with Crippen molar-refractivity contribution >= 4 is 0 Å². The average Bonchev–Trinajstić information content (AvgIpc) is 2.27. The molecule has 2 atom stereocenters. The largest absolute Gasteiger partial charge is 0.383 e. The molecule has 3 nitrogen and oxygen atoms in total. The summed E-state index contributed by atoms with van der Waals surface area (Å²) in [4.78, 5) is 2.39. The van der Waals surface area contributed by atoms with Crippen LogP contribution in [-0.2, 0) is 4.74 Å². The second kappa shape index (κ2) is 7.20. The van der Waals surface area contributed by atoms with Crippen molar-refractivity contribution in [3.8, 4) is 0 Å². The topological polar surface area (TPSA) is 24.5 Å². The lowest BCUT2D eigenvalue weighted by atomic mass is 10.0. The van der Waals surface area contributed by atoms with Gasteiger partial charge in [-0.15, -0.1) is 0 Å². The maximum atomic E-state index is 5.16. The number of likely N-dealkylation sites (N-methyl/N-ethyl adjacent to an activating group) is 1. The van der Waals surface area contributed by atoms with Gasteiger partial charge in [-0.05, 0) is 46.3 Å². The summed E-state index contributed by atoms with van der Waals surface area (Å²) in [6.07, 6.45) is 5.37. The molecule has 15 heavy (non-hydrogen) atoms. The third kappa shape index (κ3) is 4.96. The Morgan fingerprint density at radius 2 is 2.27 bits per heavy atom. The zero-order valence-electron chi connectivity index (χ0n) is 10.5. The molecule has 90 valence electrons. The Balaban J connectivity index is 2.11. The zero-order chi connectivity index (χ0) is 11.1. The summed E-state index contributed by atoms with van der Waals surface area (Å²) in [7, 11) is 3.96. The summed E-state index contributed by atoms with van der Waals surface area (Å²) in [6, 6.07) is 1.27. The lowest BCUT2D eigenvalue weighted by molar-refractivity contribution is 0.112. The normalized spacial score (nSPS) is 24.4. The van der Waals surface area contributed by atoms with Gasteiger partial charge in [0, 0.05) is 19.2 Å². The third-order valence-corrected chi connectivity index (χ3v) is 3.40. The molecule has 1 heterocycles. The highest BCUT2D eigenvalue weighted by Gasteiger charge is 2.14.